The van der Waals surface area contributed by atoms with Gasteiger partial charge in [0.15, 0.2) is 0 Å². The van der Waals surface area contributed by atoms with Gasteiger partial charge in [-0.25, -0.2) is 0 Å². The molecule has 4 nitrogen and oxygen atoms in total. The van der Waals surface area contributed by atoms with Crippen LogP contribution in [0.1, 0.15) is 12.5 Å². The van der Waals surface area contributed by atoms with E-state index in [9.17, 15) is 9.90 Å². The van der Waals surface area contributed by atoms with Gasteiger partial charge in [-0.05, 0) is 27.1 Å². The number of carbonyl (C=O) groups is 1. The second-order valence-corrected chi connectivity index (χ2v) is 4.54. The molecule has 0 saturated carbocycles. The van der Waals surface area contributed by atoms with Gasteiger partial charge < -0.3 is 15.3 Å². The van der Waals surface area contributed by atoms with E-state index in [0.717, 1.165) is 6.54 Å². The molecule has 4 heteroatoms. The lowest BCUT2D eigenvalue weighted by Crippen LogP contribution is -2.40. The lowest BCUT2D eigenvalue weighted by molar-refractivity contribution is -0.121. The lowest BCUT2D eigenvalue weighted by atomic mass is 10.1. The van der Waals surface area contributed by atoms with Gasteiger partial charge in [-0.15, -0.1) is 0 Å². The van der Waals surface area contributed by atoms with Gasteiger partial charge in [0.1, 0.15) is 5.75 Å². The zero-order valence-electron chi connectivity index (χ0n) is 10.6. The van der Waals surface area contributed by atoms with Crippen LogP contribution >= 0.6 is 0 Å². The number of benzene rings is 1. The van der Waals surface area contributed by atoms with Gasteiger partial charge in [-0.1, -0.05) is 18.2 Å². The number of hydrogen-bond donors (Lipinski definition) is 2. The van der Waals surface area contributed by atoms with Gasteiger partial charge >= 0.3 is 0 Å². The van der Waals surface area contributed by atoms with Gasteiger partial charge in [-0.3, -0.25) is 4.79 Å². The summed E-state index contributed by atoms with van der Waals surface area (Å²) in [6, 6.07) is 7.00. The number of rotatable bonds is 5. The van der Waals surface area contributed by atoms with Crippen LogP contribution in [0.15, 0.2) is 24.3 Å². The summed E-state index contributed by atoms with van der Waals surface area (Å²) in [5.74, 6) is 0.101. The average molecular weight is 236 g/mol. The van der Waals surface area contributed by atoms with E-state index in [0.29, 0.717) is 5.56 Å². The molecule has 1 rings (SSSR count). The summed E-state index contributed by atoms with van der Waals surface area (Å²) in [4.78, 5) is 13.7. The van der Waals surface area contributed by atoms with Crippen molar-refractivity contribution in [2.75, 3.05) is 20.6 Å². The first-order chi connectivity index (χ1) is 7.99. The number of amides is 1. The Balaban J connectivity index is 2.47. The fraction of sp³-hybridized carbons (Fsp3) is 0.462. The molecule has 94 valence electrons. The number of likely N-dealkylation sites (N-methyl/N-ethyl adjacent to an activating group) is 1. The van der Waals surface area contributed by atoms with E-state index in [-0.39, 0.29) is 24.1 Å². The molecule has 0 aliphatic rings. The average Bonchev–Trinajstić information content (AvgIpc) is 2.19. The number of carbonyl (C=O) groups excluding carboxylic acids is 1. The summed E-state index contributed by atoms with van der Waals surface area (Å²) in [6.07, 6.45) is 0.213. The van der Waals surface area contributed by atoms with Gasteiger partial charge in [0.25, 0.3) is 0 Å². The van der Waals surface area contributed by atoms with E-state index >= 15 is 0 Å². The zero-order chi connectivity index (χ0) is 12.8. The summed E-state index contributed by atoms with van der Waals surface area (Å²) in [6.45, 7) is 2.76. The van der Waals surface area contributed by atoms with Crippen molar-refractivity contribution in [3.63, 3.8) is 0 Å². The summed E-state index contributed by atoms with van der Waals surface area (Å²) in [5, 5.41) is 12.4. The lowest BCUT2D eigenvalue weighted by Gasteiger charge is -2.18. The minimum Gasteiger partial charge on any atom is -0.508 e. The Morgan fingerprint density at radius 2 is 2.06 bits per heavy atom. The van der Waals surface area contributed by atoms with Crippen molar-refractivity contribution < 1.29 is 9.90 Å². The quantitative estimate of drug-likeness (QED) is 0.802. The smallest absolute Gasteiger partial charge is 0.224 e. The Hall–Kier alpha value is -1.55. The molecule has 2 N–H and O–H groups in total. The van der Waals surface area contributed by atoms with Crippen molar-refractivity contribution >= 4 is 5.91 Å². The van der Waals surface area contributed by atoms with Crippen LogP contribution in [-0.4, -0.2) is 42.6 Å². The van der Waals surface area contributed by atoms with Crippen molar-refractivity contribution in [3.05, 3.63) is 29.8 Å². The van der Waals surface area contributed by atoms with Crippen LogP contribution in [0.4, 0.5) is 0 Å². The van der Waals surface area contributed by atoms with Crippen molar-refractivity contribution in [2.24, 2.45) is 0 Å². The molecule has 0 fully saturated rings. The van der Waals surface area contributed by atoms with E-state index in [1.54, 1.807) is 18.2 Å². The van der Waals surface area contributed by atoms with E-state index in [1.165, 1.54) is 0 Å². The first-order valence-corrected chi connectivity index (χ1v) is 5.70. The summed E-state index contributed by atoms with van der Waals surface area (Å²) < 4.78 is 0. The number of para-hydroxylation sites is 1. The van der Waals surface area contributed by atoms with Gasteiger partial charge in [0, 0.05) is 18.2 Å². The fourth-order valence-electron chi connectivity index (χ4n) is 1.75. The second kappa shape index (κ2) is 6.25. The molecule has 1 atom stereocenters. The topological polar surface area (TPSA) is 52.6 Å². The number of hydrogen-bond acceptors (Lipinski definition) is 3. The summed E-state index contributed by atoms with van der Waals surface area (Å²) in [7, 11) is 3.93. The number of nitrogens with one attached hydrogen (secondary N) is 1. The predicted molar refractivity (Wildman–Crippen MR) is 68.0 cm³/mol. The van der Waals surface area contributed by atoms with E-state index in [1.807, 2.05) is 32.0 Å². The number of aromatic hydroxyl groups is 1. The minimum absolute atomic E-state index is 0.0687. The Morgan fingerprint density at radius 1 is 1.41 bits per heavy atom. The Morgan fingerprint density at radius 3 is 2.65 bits per heavy atom. The molecule has 0 aromatic heterocycles. The third kappa shape index (κ3) is 4.87. The van der Waals surface area contributed by atoms with E-state index in [2.05, 4.69) is 5.32 Å². The monoisotopic (exact) mass is 236 g/mol. The molecule has 17 heavy (non-hydrogen) atoms. The first kappa shape index (κ1) is 13.5. The SMILES string of the molecule is CC(CN(C)C)NC(=O)Cc1ccccc1O. The molecule has 1 aromatic carbocycles. The van der Waals surface area contributed by atoms with Crippen molar-refractivity contribution in [3.8, 4) is 5.75 Å². The van der Waals surface area contributed by atoms with Crippen LogP contribution in [0.25, 0.3) is 0 Å². The third-order valence-electron chi connectivity index (χ3n) is 2.39. The van der Waals surface area contributed by atoms with Crippen LogP contribution in [0.5, 0.6) is 5.75 Å². The summed E-state index contributed by atoms with van der Waals surface area (Å²) >= 11 is 0. The van der Waals surface area contributed by atoms with E-state index in [4.69, 9.17) is 0 Å². The maximum Gasteiger partial charge on any atom is 0.224 e. The highest BCUT2D eigenvalue weighted by atomic mass is 16.3. The highest BCUT2D eigenvalue weighted by Crippen LogP contribution is 2.15. The molecule has 0 aliphatic carbocycles. The van der Waals surface area contributed by atoms with Crippen LogP contribution in [-0.2, 0) is 11.2 Å². The molecular formula is C13H20N2O2. The first-order valence-electron chi connectivity index (χ1n) is 5.70. The molecule has 0 aliphatic heterocycles. The van der Waals surface area contributed by atoms with Crippen molar-refractivity contribution in [2.45, 2.75) is 19.4 Å². The predicted octanol–water partition coefficient (Wildman–Crippen LogP) is 1.00. The Kier molecular flexibility index (Phi) is 4.97. The largest absolute Gasteiger partial charge is 0.508 e. The summed E-state index contributed by atoms with van der Waals surface area (Å²) in [5.41, 5.74) is 0.655. The molecular weight excluding hydrogens is 216 g/mol. The number of phenols is 1. The van der Waals surface area contributed by atoms with Crippen LogP contribution in [0.3, 0.4) is 0 Å². The molecule has 0 bridgehead atoms. The van der Waals surface area contributed by atoms with Crippen molar-refractivity contribution in [1.82, 2.24) is 10.2 Å². The second-order valence-electron chi connectivity index (χ2n) is 4.54. The Bertz CT molecular complexity index is 377. The number of nitrogens with zero attached hydrogens (tertiary/aromatic N) is 1. The van der Waals surface area contributed by atoms with Crippen LogP contribution in [0, 0.1) is 0 Å². The molecule has 0 heterocycles. The van der Waals surface area contributed by atoms with Gasteiger partial charge in [0.2, 0.25) is 5.91 Å². The van der Waals surface area contributed by atoms with Crippen molar-refractivity contribution in [1.29, 1.82) is 0 Å². The molecule has 0 spiro atoms. The minimum atomic E-state index is -0.0687. The highest BCUT2D eigenvalue weighted by molar-refractivity contribution is 5.79. The molecule has 1 aromatic rings. The van der Waals surface area contributed by atoms with Crippen LogP contribution in [0.2, 0.25) is 0 Å². The van der Waals surface area contributed by atoms with Gasteiger partial charge in [0.05, 0.1) is 6.42 Å². The Labute approximate surface area is 102 Å². The fourth-order valence-corrected chi connectivity index (χ4v) is 1.75. The standard InChI is InChI=1S/C13H20N2O2/c1-10(9-15(2)3)14-13(17)8-11-6-4-5-7-12(11)16/h4-7,10,16H,8-9H2,1-3H3,(H,14,17). The van der Waals surface area contributed by atoms with Gasteiger partial charge in [-0.2, -0.15) is 0 Å². The third-order valence-corrected chi connectivity index (χ3v) is 2.39. The van der Waals surface area contributed by atoms with Crippen LogP contribution < -0.4 is 5.32 Å². The normalized spacial score (nSPS) is 12.5. The molecule has 0 radical (unpaired) electrons. The highest BCUT2D eigenvalue weighted by Gasteiger charge is 2.10. The molecule has 1 unspecified atom stereocenters. The maximum atomic E-state index is 11.7. The zero-order valence-corrected chi connectivity index (χ0v) is 10.6. The molecule has 0 saturated heterocycles. The maximum absolute atomic E-state index is 11.7. The number of phenolic OH excluding ortho intramolecular Hbond substituents is 1. The van der Waals surface area contributed by atoms with E-state index < -0.39 is 0 Å². The molecule has 1 amide bonds.